The molecule has 2 fully saturated rings. The van der Waals surface area contributed by atoms with Gasteiger partial charge in [0.15, 0.2) is 0 Å². The first-order valence-corrected chi connectivity index (χ1v) is 14.0. The van der Waals surface area contributed by atoms with Crippen molar-refractivity contribution in [2.45, 2.75) is 88.3 Å². The predicted molar refractivity (Wildman–Crippen MR) is 141 cm³/mol. The third-order valence-electron chi connectivity index (χ3n) is 8.03. The number of nitrogens with zero attached hydrogens (tertiary/aromatic N) is 2. The first kappa shape index (κ1) is 27.2. The van der Waals surface area contributed by atoms with Crippen molar-refractivity contribution in [3.63, 3.8) is 0 Å². The number of amides is 2. The van der Waals surface area contributed by atoms with Crippen molar-refractivity contribution in [1.82, 2.24) is 9.80 Å². The van der Waals surface area contributed by atoms with Crippen LogP contribution in [-0.4, -0.2) is 80.1 Å². The zero-order chi connectivity index (χ0) is 26.5. The Bertz CT molecular complexity index is 969. The van der Waals surface area contributed by atoms with E-state index in [-0.39, 0.29) is 36.4 Å². The minimum absolute atomic E-state index is 0.00288. The second kappa shape index (κ2) is 9.50. The lowest BCUT2D eigenvalue weighted by Crippen LogP contribution is -2.59. The Hall–Kier alpha value is -1.80. The predicted octanol–water partition coefficient (Wildman–Crippen LogP) is 3.56. The number of hydrogen-bond acceptors (Lipinski definition) is 6. The van der Waals surface area contributed by atoms with Crippen LogP contribution in [0.3, 0.4) is 0 Å². The second-order valence-electron chi connectivity index (χ2n) is 12.7. The van der Waals surface area contributed by atoms with E-state index in [0.717, 1.165) is 25.7 Å². The summed E-state index contributed by atoms with van der Waals surface area (Å²) in [7, 11) is 0. The Morgan fingerprint density at radius 1 is 1.06 bits per heavy atom. The largest absolute Gasteiger partial charge is 0.465 e. The van der Waals surface area contributed by atoms with E-state index in [1.165, 1.54) is 4.90 Å². The van der Waals surface area contributed by atoms with Gasteiger partial charge in [-0.25, -0.2) is 0 Å². The molecule has 8 heteroatoms. The zero-order valence-electron chi connectivity index (χ0n) is 22.6. The Kier molecular flexibility index (Phi) is 7.19. The van der Waals surface area contributed by atoms with Gasteiger partial charge in [-0.15, -0.1) is 11.8 Å². The lowest BCUT2D eigenvalue weighted by atomic mass is 9.74. The van der Waals surface area contributed by atoms with Crippen molar-refractivity contribution >= 4 is 29.5 Å². The van der Waals surface area contributed by atoms with Crippen molar-refractivity contribution in [1.29, 1.82) is 0 Å². The second-order valence-corrected chi connectivity index (χ2v) is 14.5. The maximum atomic E-state index is 14.4. The van der Waals surface area contributed by atoms with Gasteiger partial charge >= 0.3 is 5.97 Å². The Balaban J connectivity index is 1.83. The first-order chi connectivity index (χ1) is 16.8. The quantitative estimate of drug-likeness (QED) is 0.452. The van der Waals surface area contributed by atoms with Crippen LogP contribution in [-0.2, 0) is 19.1 Å². The average molecular weight is 519 g/mol. The number of fused-ring (bicyclic) bond motifs is 2. The van der Waals surface area contributed by atoms with Crippen LogP contribution in [0, 0.1) is 17.3 Å². The van der Waals surface area contributed by atoms with Gasteiger partial charge in [-0.2, -0.15) is 0 Å². The zero-order valence-corrected chi connectivity index (χ0v) is 23.4. The molecule has 0 aromatic heterocycles. The van der Waals surface area contributed by atoms with Crippen LogP contribution in [0.1, 0.15) is 67.2 Å². The van der Waals surface area contributed by atoms with Crippen LogP contribution >= 0.6 is 11.8 Å². The molecule has 0 aromatic carbocycles. The molecule has 4 aliphatic rings. The molecule has 0 aromatic rings. The maximum Gasteiger partial charge on any atom is 0.311 e. The van der Waals surface area contributed by atoms with Gasteiger partial charge in [0.05, 0.1) is 29.8 Å². The number of aliphatic hydroxyl groups excluding tert-OH is 1. The molecule has 2 amide bonds. The average Bonchev–Trinajstić information content (AvgIpc) is 3.06. The SMILES string of the molecule is CC(C)(C)CC(C)(C)N1CC=C[C@]23S[C@@]4(C)/C=C\CCCCOC(=O)[C@H]4[C@H]2C(=O)N(CCO)C3C1=O. The van der Waals surface area contributed by atoms with Crippen LogP contribution in [0.15, 0.2) is 24.3 Å². The van der Waals surface area contributed by atoms with Gasteiger partial charge in [0.2, 0.25) is 11.8 Å². The van der Waals surface area contributed by atoms with Crippen LogP contribution in [0.4, 0.5) is 0 Å². The van der Waals surface area contributed by atoms with Crippen LogP contribution in [0.25, 0.3) is 0 Å². The summed E-state index contributed by atoms with van der Waals surface area (Å²) in [6.07, 6.45) is 11.6. The summed E-state index contributed by atoms with van der Waals surface area (Å²) in [5.74, 6) is -2.16. The van der Waals surface area contributed by atoms with E-state index >= 15 is 0 Å². The molecule has 2 saturated heterocycles. The van der Waals surface area contributed by atoms with Crippen LogP contribution in [0.2, 0.25) is 0 Å². The molecule has 1 unspecified atom stereocenters. The van der Waals surface area contributed by atoms with E-state index in [2.05, 4.69) is 46.8 Å². The first-order valence-electron chi connectivity index (χ1n) is 13.2. The lowest BCUT2D eigenvalue weighted by Gasteiger charge is -2.44. The molecule has 0 aliphatic carbocycles. The summed E-state index contributed by atoms with van der Waals surface area (Å²) in [5.41, 5.74) is -0.441. The number of esters is 1. The summed E-state index contributed by atoms with van der Waals surface area (Å²) >= 11 is 1.55. The van der Waals surface area contributed by atoms with E-state index in [4.69, 9.17) is 4.74 Å². The molecule has 5 atom stereocenters. The molecule has 0 saturated carbocycles. The van der Waals surface area contributed by atoms with Crippen molar-refractivity contribution in [2.24, 2.45) is 17.3 Å². The van der Waals surface area contributed by atoms with Gasteiger partial charge in [-0.05, 0) is 51.9 Å². The van der Waals surface area contributed by atoms with Gasteiger partial charge in [-0.3, -0.25) is 14.4 Å². The minimum Gasteiger partial charge on any atom is -0.465 e. The number of hydrogen-bond donors (Lipinski definition) is 1. The topological polar surface area (TPSA) is 87.2 Å². The molecule has 36 heavy (non-hydrogen) atoms. The van der Waals surface area contributed by atoms with Gasteiger partial charge in [0.1, 0.15) is 6.04 Å². The number of allylic oxidation sites excluding steroid dienone is 1. The van der Waals surface area contributed by atoms with Gasteiger partial charge < -0.3 is 19.6 Å². The van der Waals surface area contributed by atoms with E-state index in [0.29, 0.717) is 13.2 Å². The number of cyclic esters (lactones) is 1. The summed E-state index contributed by atoms with van der Waals surface area (Å²) < 4.78 is 4.10. The van der Waals surface area contributed by atoms with Crippen molar-refractivity contribution in [3.05, 3.63) is 24.3 Å². The highest BCUT2D eigenvalue weighted by Crippen LogP contribution is 2.65. The molecule has 4 aliphatic heterocycles. The van der Waals surface area contributed by atoms with E-state index < -0.39 is 32.9 Å². The summed E-state index contributed by atoms with van der Waals surface area (Å²) in [4.78, 5) is 45.4. The summed E-state index contributed by atoms with van der Waals surface area (Å²) in [6.45, 7) is 13.2. The van der Waals surface area contributed by atoms with Crippen molar-refractivity contribution < 1.29 is 24.2 Å². The van der Waals surface area contributed by atoms with Crippen molar-refractivity contribution in [3.8, 4) is 0 Å². The number of aliphatic hydroxyl groups is 1. The van der Waals surface area contributed by atoms with Gasteiger partial charge in [0.25, 0.3) is 0 Å². The normalized spacial score (nSPS) is 36.2. The smallest absolute Gasteiger partial charge is 0.311 e. The van der Waals surface area contributed by atoms with E-state index in [1.54, 1.807) is 11.8 Å². The molecule has 4 rings (SSSR count). The van der Waals surface area contributed by atoms with Gasteiger partial charge in [0, 0.05) is 23.4 Å². The number of carbonyl (C=O) groups excluding carboxylic acids is 3. The summed E-state index contributed by atoms with van der Waals surface area (Å²) in [6, 6.07) is -0.791. The lowest BCUT2D eigenvalue weighted by molar-refractivity contribution is -0.154. The number of likely N-dealkylation sites (tertiary alicyclic amines) is 1. The highest BCUT2D eigenvalue weighted by Gasteiger charge is 2.74. The molecule has 4 heterocycles. The summed E-state index contributed by atoms with van der Waals surface area (Å²) in [5, 5.41) is 9.87. The molecular weight excluding hydrogens is 476 g/mol. The number of β-amino-alcohol motifs (C(OH)–C–C–N with tert-alkyl or cyclic N) is 1. The highest BCUT2D eigenvalue weighted by atomic mass is 32.2. The number of thioether (sulfide) groups is 1. The fraction of sp³-hybridized carbons (Fsp3) is 0.750. The third kappa shape index (κ3) is 4.53. The fourth-order valence-corrected chi connectivity index (χ4v) is 9.24. The van der Waals surface area contributed by atoms with E-state index in [1.807, 2.05) is 24.0 Å². The maximum absolute atomic E-state index is 14.4. The molecule has 0 radical (unpaired) electrons. The minimum atomic E-state index is -0.910. The van der Waals surface area contributed by atoms with Crippen molar-refractivity contribution in [2.75, 3.05) is 26.3 Å². The standard InChI is InChI=1S/C28H42N2O5S/c1-25(2,3)18-26(4,5)30-14-11-13-28-19(22(32)29(15-16-31)21(28)23(30)33)20-24(34)35-17-10-8-7-9-12-27(20,6)36-28/h9,11-13,19-21,31H,7-8,10,14-18H2,1-6H3/b12-9-/t19-,20+,21?,27-,28-/m0/s1. The Labute approximate surface area is 219 Å². The molecule has 0 bridgehead atoms. The molecule has 200 valence electrons. The Morgan fingerprint density at radius 2 is 1.78 bits per heavy atom. The number of ether oxygens (including phenoxy) is 1. The molecular formula is C28H42N2O5S. The monoisotopic (exact) mass is 518 g/mol. The highest BCUT2D eigenvalue weighted by molar-refractivity contribution is 8.02. The Morgan fingerprint density at radius 3 is 2.44 bits per heavy atom. The van der Waals surface area contributed by atoms with E-state index in [9.17, 15) is 19.5 Å². The fourth-order valence-electron chi connectivity index (χ4n) is 7.08. The van der Waals surface area contributed by atoms with Gasteiger partial charge in [-0.1, -0.05) is 45.1 Å². The number of carbonyl (C=O) groups is 3. The molecule has 7 nitrogen and oxygen atoms in total. The third-order valence-corrected chi connectivity index (χ3v) is 9.83. The molecule has 1 N–H and O–H groups in total. The van der Waals surface area contributed by atoms with Crippen LogP contribution in [0.5, 0.6) is 0 Å². The van der Waals surface area contributed by atoms with Crippen LogP contribution < -0.4 is 0 Å². The molecule has 1 spiro atoms. The number of rotatable bonds is 4.